The molecule has 1 heterocycles. The van der Waals surface area contributed by atoms with Crippen LogP contribution in [0, 0.1) is 0 Å². The first-order valence-corrected chi connectivity index (χ1v) is 4.53. The van der Waals surface area contributed by atoms with Crippen LogP contribution in [0.3, 0.4) is 0 Å². The molecule has 0 amide bonds. The van der Waals surface area contributed by atoms with E-state index in [1.54, 1.807) is 0 Å². The molecule has 0 atom stereocenters. The van der Waals surface area contributed by atoms with Crippen LogP contribution in [-0.2, 0) is 20.7 Å². The van der Waals surface area contributed by atoms with E-state index in [2.05, 4.69) is 0 Å². The first-order valence-electron chi connectivity index (χ1n) is 4.53. The summed E-state index contributed by atoms with van der Waals surface area (Å²) in [6.07, 6.45) is 0.447. The highest BCUT2D eigenvalue weighted by Gasteiger charge is 2.23. The third-order valence-corrected chi connectivity index (χ3v) is 2.09. The average Bonchev–Trinajstić information content (AvgIpc) is 2.67. The molecule has 0 unspecified atom stereocenters. The van der Waals surface area contributed by atoms with Crippen LogP contribution >= 0.6 is 0 Å². The highest BCUT2D eigenvalue weighted by Crippen LogP contribution is 2.20. The quantitative estimate of drug-likeness (QED) is 0.814. The van der Waals surface area contributed by atoms with Gasteiger partial charge in [-0.05, 0) is 5.56 Å². The molecule has 15 heavy (non-hydrogen) atoms. The van der Waals surface area contributed by atoms with Gasteiger partial charge in [-0.2, -0.15) is 0 Å². The van der Waals surface area contributed by atoms with Gasteiger partial charge in [0.1, 0.15) is 0 Å². The molecule has 0 radical (unpaired) electrons. The minimum atomic E-state index is -1.08. The monoisotopic (exact) mass is 206 g/mol. The second-order valence-corrected chi connectivity index (χ2v) is 3.13. The van der Waals surface area contributed by atoms with Crippen molar-refractivity contribution >= 4 is 5.97 Å². The van der Waals surface area contributed by atoms with E-state index in [0.717, 1.165) is 5.56 Å². The molecule has 1 aliphatic heterocycles. The third kappa shape index (κ3) is 2.10. The van der Waals surface area contributed by atoms with E-state index < -0.39 is 5.97 Å². The SMILES string of the molecule is O=C(O)C1=C(Cc2ccccc2)OCO1. The molecule has 0 bridgehead atoms. The number of hydrogen-bond donors (Lipinski definition) is 1. The second-order valence-electron chi connectivity index (χ2n) is 3.13. The summed E-state index contributed by atoms with van der Waals surface area (Å²) >= 11 is 0. The normalized spacial score (nSPS) is 14.7. The van der Waals surface area contributed by atoms with Gasteiger partial charge in [0.2, 0.25) is 12.6 Å². The van der Waals surface area contributed by atoms with Gasteiger partial charge in [0.25, 0.3) is 0 Å². The van der Waals surface area contributed by atoms with Crippen LogP contribution in [0.15, 0.2) is 41.9 Å². The lowest BCUT2D eigenvalue weighted by atomic mass is 10.1. The second kappa shape index (κ2) is 4.04. The van der Waals surface area contributed by atoms with Gasteiger partial charge in [-0.1, -0.05) is 30.3 Å². The van der Waals surface area contributed by atoms with Crippen LogP contribution in [0.5, 0.6) is 0 Å². The lowest BCUT2D eigenvalue weighted by molar-refractivity contribution is -0.136. The van der Waals surface area contributed by atoms with Crippen molar-refractivity contribution in [3.63, 3.8) is 0 Å². The molecule has 0 aromatic heterocycles. The predicted octanol–water partition coefficient (Wildman–Crippen LogP) is 1.53. The fourth-order valence-corrected chi connectivity index (χ4v) is 1.40. The van der Waals surface area contributed by atoms with Crippen LogP contribution in [0.1, 0.15) is 5.56 Å². The van der Waals surface area contributed by atoms with Gasteiger partial charge < -0.3 is 14.6 Å². The molecule has 0 aliphatic carbocycles. The fraction of sp³-hybridized carbons (Fsp3) is 0.182. The van der Waals surface area contributed by atoms with Gasteiger partial charge in [-0.3, -0.25) is 0 Å². The number of rotatable bonds is 3. The maximum Gasteiger partial charge on any atom is 0.374 e. The Bertz CT molecular complexity index is 394. The Morgan fingerprint density at radius 2 is 2.00 bits per heavy atom. The summed E-state index contributed by atoms with van der Waals surface area (Å²) in [6.45, 7) is -0.0101. The van der Waals surface area contributed by atoms with Crippen molar-refractivity contribution in [3.05, 3.63) is 47.4 Å². The van der Waals surface area contributed by atoms with E-state index in [0.29, 0.717) is 12.2 Å². The largest absolute Gasteiger partial charge is 0.475 e. The summed E-state index contributed by atoms with van der Waals surface area (Å²) in [7, 11) is 0. The van der Waals surface area contributed by atoms with Gasteiger partial charge in [0, 0.05) is 6.42 Å². The molecule has 1 aromatic rings. The molecule has 1 aromatic carbocycles. The Morgan fingerprint density at radius 3 is 2.67 bits per heavy atom. The van der Waals surface area contributed by atoms with Gasteiger partial charge in [-0.15, -0.1) is 0 Å². The number of carboxylic acid groups (broad SMARTS) is 1. The van der Waals surface area contributed by atoms with Crippen LogP contribution in [0.2, 0.25) is 0 Å². The van der Waals surface area contributed by atoms with Crippen molar-refractivity contribution in [3.8, 4) is 0 Å². The molecular formula is C11H10O4. The summed E-state index contributed by atoms with van der Waals surface area (Å²) < 4.78 is 9.96. The smallest absolute Gasteiger partial charge is 0.374 e. The van der Waals surface area contributed by atoms with Crippen molar-refractivity contribution in [2.45, 2.75) is 6.42 Å². The van der Waals surface area contributed by atoms with Crippen molar-refractivity contribution in [1.82, 2.24) is 0 Å². The van der Waals surface area contributed by atoms with Crippen LogP contribution in [0.25, 0.3) is 0 Å². The zero-order valence-corrected chi connectivity index (χ0v) is 7.97. The zero-order chi connectivity index (χ0) is 10.7. The van der Waals surface area contributed by atoms with Crippen molar-refractivity contribution in [2.24, 2.45) is 0 Å². The number of allylic oxidation sites excluding steroid dienone is 1. The van der Waals surface area contributed by atoms with Gasteiger partial charge >= 0.3 is 5.97 Å². The van der Waals surface area contributed by atoms with Crippen molar-refractivity contribution < 1.29 is 19.4 Å². The Kier molecular flexibility index (Phi) is 2.58. The van der Waals surface area contributed by atoms with Gasteiger partial charge in [-0.25, -0.2) is 4.79 Å². The molecule has 1 N–H and O–H groups in total. The van der Waals surface area contributed by atoms with Gasteiger partial charge in [0.15, 0.2) is 5.76 Å². The molecule has 1 aliphatic rings. The minimum absolute atomic E-state index is 0.0101. The topological polar surface area (TPSA) is 55.8 Å². The standard InChI is InChI=1S/C11H10O4/c12-11(13)10-9(14-7-15-10)6-8-4-2-1-3-5-8/h1-5H,6-7H2,(H,12,13). The first-order chi connectivity index (χ1) is 7.27. The summed E-state index contributed by atoms with van der Waals surface area (Å²) in [5.41, 5.74) is 0.997. The van der Waals surface area contributed by atoms with Crippen molar-refractivity contribution in [1.29, 1.82) is 0 Å². The van der Waals surface area contributed by atoms with Gasteiger partial charge in [0.05, 0.1) is 0 Å². The number of benzene rings is 1. The summed E-state index contributed by atoms with van der Waals surface area (Å²) in [4.78, 5) is 10.7. The number of carboxylic acids is 1. The van der Waals surface area contributed by atoms with E-state index in [1.807, 2.05) is 30.3 Å². The summed E-state index contributed by atoms with van der Waals surface area (Å²) in [5, 5.41) is 8.80. The first kappa shape index (κ1) is 9.58. The highest BCUT2D eigenvalue weighted by molar-refractivity contribution is 5.85. The fourth-order valence-electron chi connectivity index (χ4n) is 1.40. The molecule has 0 spiro atoms. The number of aliphatic carboxylic acids is 1. The molecule has 0 saturated heterocycles. The highest BCUT2D eigenvalue weighted by atomic mass is 16.7. The zero-order valence-electron chi connectivity index (χ0n) is 7.97. The molecule has 2 rings (SSSR count). The van der Waals surface area contributed by atoms with Crippen molar-refractivity contribution in [2.75, 3.05) is 6.79 Å². The van der Waals surface area contributed by atoms with Crippen LogP contribution in [0.4, 0.5) is 0 Å². The lowest BCUT2D eigenvalue weighted by Gasteiger charge is -2.01. The van der Waals surface area contributed by atoms with E-state index >= 15 is 0 Å². The van der Waals surface area contributed by atoms with E-state index in [4.69, 9.17) is 14.6 Å². The number of hydrogen-bond acceptors (Lipinski definition) is 3. The third-order valence-electron chi connectivity index (χ3n) is 2.09. The molecular weight excluding hydrogens is 196 g/mol. The lowest BCUT2D eigenvalue weighted by Crippen LogP contribution is -2.03. The summed E-state index contributed by atoms with van der Waals surface area (Å²) in [6, 6.07) is 9.52. The van der Waals surface area contributed by atoms with Crippen LogP contribution in [-0.4, -0.2) is 17.9 Å². The Labute approximate surface area is 86.7 Å². The molecule has 0 saturated carbocycles. The van der Waals surface area contributed by atoms with E-state index in [1.165, 1.54) is 0 Å². The summed E-state index contributed by atoms with van der Waals surface area (Å²) in [5.74, 6) is -0.786. The number of ether oxygens (including phenoxy) is 2. The van der Waals surface area contributed by atoms with E-state index in [9.17, 15) is 4.79 Å². The predicted molar refractivity (Wildman–Crippen MR) is 51.8 cm³/mol. The Balaban J connectivity index is 2.18. The van der Waals surface area contributed by atoms with E-state index in [-0.39, 0.29) is 12.6 Å². The minimum Gasteiger partial charge on any atom is -0.475 e. The molecule has 78 valence electrons. The molecule has 0 fully saturated rings. The van der Waals surface area contributed by atoms with Crippen LogP contribution < -0.4 is 0 Å². The maximum atomic E-state index is 10.7. The molecule has 4 nitrogen and oxygen atoms in total. The maximum absolute atomic E-state index is 10.7. The molecule has 4 heteroatoms. The Morgan fingerprint density at radius 1 is 1.27 bits per heavy atom. The number of carbonyl (C=O) groups is 1. The average molecular weight is 206 g/mol. The Hall–Kier alpha value is -1.97.